The minimum absolute atomic E-state index is 1.06. The van der Waals surface area contributed by atoms with Gasteiger partial charge in [-0.15, -0.1) is 0 Å². The van der Waals surface area contributed by atoms with Crippen LogP contribution in [0.25, 0.3) is 0 Å². The molecule has 0 spiro atoms. The van der Waals surface area contributed by atoms with Gasteiger partial charge in [-0.1, -0.05) is 13.8 Å². The summed E-state index contributed by atoms with van der Waals surface area (Å²) in [5.74, 6) is 0. The van der Waals surface area contributed by atoms with E-state index in [1.165, 1.54) is 0 Å². The largest absolute Gasteiger partial charge is 0.446 e. The zero-order valence-corrected chi connectivity index (χ0v) is 4.62. The minimum atomic E-state index is -4.64. The van der Waals surface area contributed by atoms with E-state index in [2.05, 4.69) is 0 Å². The van der Waals surface area contributed by atoms with Crippen LogP contribution in [-0.2, 0) is 4.79 Å². The van der Waals surface area contributed by atoms with Gasteiger partial charge in [-0.05, 0) is 0 Å². The Kier molecular flexibility index (Phi) is 6.02. The summed E-state index contributed by atoms with van der Waals surface area (Å²) in [6.07, 6.45) is -5.70. The summed E-state index contributed by atoms with van der Waals surface area (Å²) in [6, 6.07) is 0. The van der Waals surface area contributed by atoms with E-state index in [1.807, 2.05) is 13.8 Å². The highest BCUT2D eigenvalue weighted by molar-refractivity contribution is 5.56. The zero-order chi connectivity index (χ0) is 7.21. The molecule has 0 aliphatic rings. The second-order valence-corrected chi connectivity index (χ2v) is 0.659. The molecule has 0 amide bonds. The molecule has 0 aliphatic carbocycles. The lowest BCUT2D eigenvalue weighted by molar-refractivity contribution is -0.156. The molecule has 1 nitrogen and oxygen atoms in total. The maximum Gasteiger partial charge on any atom is 0.446 e. The van der Waals surface area contributed by atoms with Gasteiger partial charge in [0.05, 0.1) is 0 Å². The fourth-order valence-electron chi connectivity index (χ4n) is 0. The molecule has 0 bridgehead atoms. The first-order valence-electron chi connectivity index (χ1n) is 2.09. The zero-order valence-electron chi connectivity index (χ0n) is 4.62. The molecule has 0 radical (unpaired) electrons. The molecule has 0 saturated heterocycles. The van der Waals surface area contributed by atoms with Crippen molar-refractivity contribution in [2.75, 3.05) is 0 Å². The summed E-state index contributed by atoms with van der Waals surface area (Å²) in [5, 5.41) is 0. The van der Waals surface area contributed by atoms with Crippen LogP contribution in [0.2, 0.25) is 0 Å². The van der Waals surface area contributed by atoms with Crippen molar-refractivity contribution in [1.29, 1.82) is 0 Å². The summed E-state index contributed by atoms with van der Waals surface area (Å²) >= 11 is 0. The molecule has 0 fully saturated rings. The highest BCUT2D eigenvalue weighted by Gasteiger charge is 2.24. The lowest BCUT2D eigenvalue weighted by atomic mass is 10.8. The lowest BCUT2D eigenvalue weighted by Crippen LogP contribution is -2.07. The summed E-state index contributed by atoms with van der Waals surface area (Å²) in [5.41, 5.74) is 0. The third-order valence-electron chi connectivity index (χ3n) is 0.134. The van der Waals surface area contributed by atoms with Crippen LogP contribution in [0.4, 0.5) is 13.2 Å². The van der Waals surface area contributed by atoms with E-state index in [0.29, 0.717) is 0 Å². The van der Waals surface area contributed by atoms with Crippen molar-refractivity contribution in [2.45, 2.75) is 20.0 Å². The summed E-state index contributed by atoms with van der Waals surface area (Å²) in [6.45, 7) is 4.00. The number of halogens is 3. The lowest BCUT2D eigenvalue weighted by Gasteiger charge is -1.87. The maximum absolute atomic E-state index is 10.4. The van der Waals surface area contributed by atoms with Crippen LogP contribution in [0.15, 0.2) is 0 Å². The number of carbonyl (C=O) groups is 1. The average molecular weight is 128 g/mol. The van der Waals surface area contributed by atoms with Gasteiger partial charge in [-0.25, -0.2) is 0 Å². The van der Waals surface area contributed by atoms with Crippen molar-refractivity contribution in [2.24, 2.45) is 0 Å². The number of carbonyl (C=O) groups excluding carboxylic acids is 1. The number of hydrogen-bond donors (Lipinski definition) is 0. The highest BCUT2D eigenvalue weighted by Crippen LogP contribution is 2.08. The molecule has 0 aromatic carbocycles. The van der Waals surface area contributed by atoms with Crippen LogP contribution in [0.5, 0.6) is 0 Å². The number of hydrogen-bond acceptors (Lipinski definition) is 1. The molecule has 0 N–H and O–H groups in total. The third-order valence-corrected chi connectivity index (χ3v) is 0.134. The molecule has 0 aromatic rings. The normalized spacial score (nSPS) is 9.12. The van der Waals surface area contributed by atoms with Crippen molar-refractivity contribution in [1.82, 2.24) is 0 Å². The van der Waals surface area contributed by atoms with Crippen LogP contribution >= 0.6 is 0 Å². The van der Waals surface area contributed by atoms with Gasteiger partial charge in [-0.3, -0.25) is 4.79 Å². The van der Waals surface area contributed by atoms with Crippen LogP contribution in [0.3, 0.4) is 0 Å². The van der Waals surface area contributed by atoms with Gasteiger partial charge in [0, 0.05) is 0 Å². The Labute approximate surface area is 45.5 Å². The molecule has 0 aliphatic heterocycles. The summed E-state index contributed by atoms with van der Waals surface area (Å²) in [7, 11) is 0. The number of rotatable bonds is 0. The molecule has 8 heavy (non-hydrogen) atoms. The van der Waals surface area contributed by atoms with E-state index in [9.17, 15) is 13.2 Å². The highest BCUT2D eigenvalue weighted by atomic mass is 19.4. The molecule has 0 unspecified atom stereocenters. The molecular weight excluding hydrogens is 121 g/mol. The van der Waals surface area contributed by atoms with E-state index in [1.54, 1.807) is 0 Å². The van der Waals surface area contributed by atoms with Gasteiger partial charge in [0.25, 0.3) is 0 Å². The van der Waals surface area contributed by atoms with Gasteiger partial charge in [0.15, 0.2) is 0 Å². The van der Waals surface area contributed by atoms with Gasteiger partial charge in [-0.2, -0.15) is 13.2 Å². The Morgan fingerprint density at radius 2 is 1.38 bits per heavy atom. The van der Waals surface area contributed by atoms with E-state index < -0.39 is 12.5 Å². The molecule has 50 valence electrons. The Morgan fingerprint density at radius 3 is 1.38 bits per heavy atom. The Morgan fingerprint density at radius 1 is 1.25 bits per heavy atom. The molecule has 0 atom stereocenters. The Hall–Kier alpha value is -0.540. The monoisotopic (exact) mass is 128 g/mol. The number of alkyl halides is 3. The van der Waals surface area contributed by atoms with Crippen molar-refractivity contribution in [3.05, 3.63) is 0 Å². The molecule has 0 heterocycles. The maximum atomic E-state index is 10.4. The van der Waals surface area contributed by atoms with Crippen molar-refractivity contribution in [3.8, 4) is 0 Å². The van der Waals surface area contributed by atoms with Gasteiger partial charge in [0.1, 0.15) is 0 Å². The summed E-state index contributed by atoms with van der Waals surface area (Å²) < 4.78 is 31.2. The first kappa shape index (κ1) is 10.4. The standard InChI is InChI=1S/C2HF3O.C2H6/c3-2(4,5)1-6;1-2/h1H;1-2H3. The molecular formula is C4H7F3O. The fraction of sp³-hybridized carbons (Fsp3) is 0.750. The fourth-order valence-corrected chi connectivity index (χ4v) is 0. The number of aldehydes is 1. The van der Waals surface area contributed by atoms with Crippen LogP contribution in [0, 0.1) is 0 Å². The van der Waals surface area contributed by atoms with E-state index in [4.69, 9.17) is 4.79 Å². The first-order valence-corrected chi connectivity index (χ1v) is 2.09. The van der Waals surface area contributed by atoms with Crippen molar-refractivity contribution in [3.63, 3.8) is 0 Å². The second kappa shape index (κ2) is 4.61. The third kappa shape index (κ3) is 17.9. The van der Waals surface area contributed by atoms with Crippen LogP contribution < -0.4 is 0 Å². The molecule has 0 aromatic heterocycles. The molecule has 0 saturated carbocycles. The Balaban J connectivity index is 0. The second-order valence-electron chi connectivity index (χ2n) is 0.659. The van der Waals surface area contributed by atoms with Gasteiger partial charge in [0.2, 0.25) is 6.29 Å². The molecule has 0 rings (SSSR count). The van der Waals surface area contributed by atoms with Crippen molar-refractivity contribution < 1.29 is 18.0 Å². The minimum Gasteiger partial charge on any atom is -0.293 e. The predicted molar refractivity (Wildman–Crippen MR) is 23.5 cm³/mol. The smallest absolute Gasteiger partial charge is 0.293 e. The topological polar surface area (TPSA) is 17.1 Å². The SMILES string of the molecule is CC.O=CC(F)(F)F. The predicted octanol–water partition coefficient (Wildman–Crippen LogP) is 1.77. The summed E-state index contributed by atoms with van der Waals surface area (Å²) in [4.78, 5) is 8.70. The van der Waals surface area contributed by atoms with Gasteiger partial charge >= 0.3 is 6.18 Å². The Bertz CT molecular complexity index is 56.8. The van der Waals surface area contributed by atoms with E-state index in [0.717, 1.165) is 0 Å². The quantitative estimate of drug-likeness (QED) is 0.454. The van der Waals surface area contributed by atoms with Crippen LogP contribution in [-0.4, -0.2) is 12.5 Å². The van der Waals surface area contributed by atoms with Crippen LogP contribution in [0.1, 0.15) is 13.8 Å². The average Bonchev–Trinajstić information content (AvgIpc) is 1.71. The molecule has 4 heteroatoms. The van der Waals surface area contributed by atoms with Gasteiger partial charge < -0.3 is 0 Å². The van der Waals surface area contributed by atoms with E-state index >= 15 is 0 Å². The van der Waals surface area contributed by atoms with Crippen molar-refractivity contribution >= 4 is 6.29 Å². The van der Waals surface area contributed by atoms with E-state index in [-0.39, 0.29) is 0 Å². The first-order chi connectivity index (χ1) is 3.56.